The van der Waals surface area contributed by atoms with Crippen LogP contribution in [0.2, 0.25) is 0 Å². The monoisotopic (exact) mass is 474 g/mol. The van der Waals surface area contributed by atoms with Gasteiger partial charge in [0.1, 0.15) is 0 Å². The Morgan fingerprint density at radius 2 is 1.41 bits per heavy atom. The smallest absolute Gasteiger partial charge is 0.346 e. The summed E-state index contributed by atoms with van der Waals surface area (Å²) in [6.45, 7) is 4.24. The predicted molar refractivity (Wildman–Crippen MR) is 122 cm³/mol. The van der Waals surface area contributed by atoms with E-state index in [2.05, 4.69) is 0 Å². The summed E-state index contributed by atoms with van der Waals surface area (Å²) in [6.07, 6.45) is 4.32. The molecular formula is C27H26F4O3. The SMILES string of the molecule is CCCCCOc1ccc(C(=O)Oc2ccc(-c3ccc(CCC)cc3)c(F)c2F)c(F)c1F. The summed E-state index contributed by atoms with van der Waals surface area (Å²) in [5.74, 6) is -7.87. The van der Waals surface area contributed by atoms with Gasteiger partial charge >= 0.3 is 5.97 Å². The Morgan fingerprint density at radius 1 is 0.735 bits per heavy atom. The van der Waals surface area contributed by atoms with Crippen molar-refractivity contribution in [3.63, 3.8) is 0 Å². The first-order valence-electron chi connectivity index (χ1n) is 11.3. The first kappa shape index (κ1) is 25.3. The molecular weight excluding hydrogens is 448 g/mol. The van der Waals surface area contributed by atoms with Crippen molar-refractivity contribution in [3.05, 3.63) is 82.9 Å². The van der Waals surface area contributed by atoms with Gasteiger partial charge in [-0.05, 0) is 48.2 Å². The van der Waals surface area contributed by atoms with E-state index in [1.54, 1.807) is 12.1 Å². The lowest BCUT2D eigenvalue weighted by molar-refractivity contribution is 0.0720. The van der Waals surface area contributed by atoms with Gasteiger partial charge in [-0.1, -0.05) is 57.4 Å². The lowest BCUT2D eigenvalue weighted by Crippen LogP contribution is -2.14. The molecule has 7 heteroatoms. The van der Waals surface area contributed by atoms with E-state index in [0.29, 0.717) is 12.0 Å². The predicted octanol–water partition coefficient (Wildman–Crippen LogP) is 7.65. The van der Waals surface area contributed by atoms with Crippen LogP contribution in [-0.2, 0) is 6.42 Å². The first-order chi connectivity index (χ1) is 16.4. The highest BCUT2D eigenvalue weighted by Gasteiger charge is 2.24. The van der Waals surface area contributed by atoms with Crippen molar-refractivity contribution in [1.29, 1.82) is 0 Å². The molecule has 3 nitrogen and oxygen atoms in total. The van der Waals surface area contributed by atoms with Gasteiger partial charge in [0, 0.05) is 5.56 Å². The van der Waals surface area contributed by atoms with Crippen molar-refractivity contribution >= 4 is 5.97 Å². The summed E-state index contributed by atoms with van der Waals surface area (Å²) in [7, 11) is 0. The second kappa shape index (κ2) is 11.7. The maximum absolute atomic E-state index is 14.7. The van der Waals surface area contributed by atoms with Gasteiger partial charge in [0.2, 0.25) is 11.6 Å². The Labute approximate surface area is 196 Å². The number of hydrogen-bond donors (Lipinski definition) is 0. The van der Waals surface area contributed by atoms with E-state index in [0.717, 1.165) is 49.4 Å². The number of carbonyl (C=O) groups is 1. The third-order valence-electron chi connectivity index (χ3n) is 5.33. The van der Waals surface area contributed by atoms with Crippen molar-refractivity contribution in [2.45, 2.75) is 46.0 Å². The van der Waals surface area contributed by atoms with Crippen LogP contribution >= 0.6 is 0 Å². The lowest BCUT2D eigenvalue weighted by Gasteiger charge is -2.12. The molecule has 180 valence electrons. The molecule has 0 aromatic heterocycles. The standard InChI is InChI=1S/C27H26F4O3/c1-3-5-6-16-33-21-14-13-20(24(29)25(21)30)27(32)34-22-15-12-19(23(28)26(22)31)18-10-8-17(7-4-2)9-11-18/h8-15H,3-7,16H2,1-2H3. The molecule has 0 aliphatic carbocycles. The highest BCUT2D eigenvalue weighted by atomic mass is 19.2. The summed E-state index contributed by atoms with van der Waals surface area (Å²) < 4.78 is 68.1. The average molecular weight is 474 g/mol. The Bertz CT molecular complexity index is 1140. The summed E-state index contributed by atoms with van der Waals surface area (Å²) in [5.41, 5.74) is 0.761. The molecule has 0 N–H and O–H groups in total. The zero-order chi connectivity index (χ0) is 24.7. The van der Waals surface area contributed by atoms with Gasteiger partial charge in [0.15, 0.2) is 23.1 Å². The fraction of sp³-hybridized carbons (Fsp3) is 0.296. The van der Waals surface area contributed by atoms with Gasteiger partial charge in [-0.25, -0.2) is 13.6 Å². The molecule has 34 heavy (non-hydrogen) atoms. The number of esters is 1. The third-order valence-corrected chi connectivity index (χ3v) is 5.33. The van der Waals surface area contributed by atoms with E-state index in [4.69, 9.17) is 9.47 Å². The number of hydrogen-bond acceptors (Lipinski definition) is 3. The highest BCUT2D eigenvalue weighted by Crippen LogP contribution is 2.31. The first-order valence-corrected chi connectivity index (χ1v) is 11.3. The molecule has 0 bridgehead atoms. The number of carbonyl (C=O) groups excluding carboxylic acids is 1. The summed E-state index contributed by atoms with van der Waals surface area (Å²) in [6, 6.07) is 11.4. The number of halogens is 4. The van der Waals surface area contributed by atoms with Gasteiger partial charge in [-0.2, -0.15) is 8.78 Å². The van der Waals surface area contributed by atoms with Gasteiger partial charge in [0.05, 0.1) is 12.2 Å². The maximum atomic E-state index is 14.7. The largest absolute Gasteiger partial charge is 0.490 e. The molecule has 0 aliphatic heterocycles. The van der Waals surface area contributed by atoms with Gasteiger partial charge in [0.25, 0.3) is 0 Å². The molecule has 0 saturated carbocycles. The molecule has 0 saturated heterocycles. The van der Waals surface area contributed by atoms with Crippen molar-refractivity contribution in [2.75, 3.05) is 6.61 Å². The minimum atomic E-state index is -1.48. The van der Waals surface area contributed by atoms with Gasteiger partial charge in [-0.3, -0.25) is 0 Å². The number of aryl methyl sites for hydroxylation is 1. The van der Waals surface area contributed by atoms with E-state index in [9.17, 15) is 22.4 Å². The minimum Gasteiger partial charge on any atom is -0.490 e. The van der Waals surface area contributed by atoms with Gasteiger partial charge < -0.3 is 9.47 Å². The molecule has 0 fully saturated rings. The zero-order valence-electron chi connectivity index (χ0n) is 19.1. The van der Waals surface area contributed by atoms with E-state index in [1.165, 1.54) is 6.07 Å². The molecule has 0 amide bonds. The number of unbranched alkanes of at least 4 members (excludes halogenated alkanes) is 2. The Morgan fingerprint density at radius 3 is 2.09 bits per heavy atom. The van der Waals surface area contributed by atoms with Gasteiger partial charge in [-0.15, -0.1) is 0 Å². The average Bonchev–Trinajstić information content (AvgIpc) is 2.83. The fourth-order valence-electron chi connectivity index (χ4n) is 3.46. The maximum Gasteiger partial charge on any atom is 0.346 e. The van der Waals surface area contributed by atoms with E-state index in [1.807, 2.05) is 26.0 Å². The molecule has 0 aliphatic rings. The van der Waals surface area contributed by atoms with E-state index in [-0.39, 0.29) is 17.9 Å². The summed E-state index contributed by atoms with van der Waals surface area (Å²) in [5, 5.41) is 0. The second-order valence-corrected chi connectivity index (χ2v) is 7.87. The number of ether oxygens (including phenoxy) is 2. The molecule has 3 rings (SSSR count). The zero-order valence-corrected chi connectivity index (χ0v) is 19.1. The van der Waals surface area contributed by atoms with Crippen LogP contribution in [0.25, 0.3) is 11.1 Å². The lowest BCUT2D eigenvalue weighted by atomic mass is 10.0. The van der Waals surface area contributed by atoms with Crippen molar-refractivity contribution in [2.24, 2.45) is 0 Å². The van der Waals surface area contributed by atoms with Crippen molar-refractivity contribution in [3.8, 4) is 22.6 Å². The molecule has 0 heterocycles. The third kappa shape index (κ3) is 5.76. The summed E-state index contributed by atoms with van der Waals surface area (Å²) >= 11 is 0. The van der Waals surface area contributed by atoms with Crippen LogP contribution in [0.3, 0.4) is 0 Å². The van der Waals surface area contributed by atoms with Crippen LogP contribution in [0.15, 0.2) is 48.5 Å². The quantitative estimate of drug-likeness (QED) is 0.131. The van der Waals surface area contributed by atoms with Crippen LogP contribution in [0.4, 0.5) is 17.6 Å². The highest BCUT2D eigenvalue weighted by molar-refractivity contribution is 5.91. The Kier molecular flexibility index (Phi) is 8.68. The van der Waals surface area contributed by atoms with Crippen molar-refractivity contribution < 1.29 is 31.8 Å². The van der Waals surface area contributed by atoms with Crippen LogP contribution < -0.4 is 9.47 Å². The van der Waals surface area contributed by atoms with Crippen molar-refractivity contribution in [1.82, 2.24) is 0 Å². The Hall–Kier alpha value is -3.35. The molecule has 3 aromatic rings. The van der Waals surface area contributed by atoms with E-state index >= 15 is 0 Å². The molecule has 0 spiro atoms. The molecule has 0 radical (unpaired) electrons. The number of benzene rings is 3. The van der Waals surface area contributed by atoms with E-state index < -0.39 is 40.6 Å². The minimum absolute atomic E-state index is 0.0119. The normalized spacial score (nSPS) is 10.9. The van der Waals surface area contributed by atoms with Crippen LogP contribution in [0.1, 0.15) is 55.5 Å². The second-order valence-electron chi connectivity index (χ2n) is 7.87. The van der Waals surface area contributed by atoms with Crippen LogP contribution in [0, 0.1) is 23.3 Å². The van der Waals surface area contributed by atoms with Crippen LogP contribution in [-0.4, -0.2) is 12.6 Å². The summed E-state index contributed by atoms with van der Waals surface area (Å²) in [4.78, 5) is 12.4. The molecule has 0 atom stereocenters. The molecule has 0 unspecified atom stereocenters. The fourth-order valence-corrected chi connectivity index (χ4v) is 3.46. The Balaban J connectivity index is 1.77. The number of rotatable bonds is 10. The van der Waals surface area contributed by atoms with Crippen LogP contribution in [0.5, 0.6) is 11.5 Å². The molecule has 3 aromatic carbocycles. The topological polar surface area (TPSA) is 35.5 Å².